The summed E-state index contributed by atoms with van der Waals surface area (Å²) in [6.07, 6.45) is 1.89. The van der Waals surface area contributed by atoms with Gasteiger partial charge in [-0.1, -0.05) is 0 Å². The summed E-state index contributed by atoms with van der Waals surface area (Å²) in [5, 5.41) is 9.23. The standard InChI is InChI=1S/C10H16N4O2/c1-6-4-7(2-3-16-6)12-10(15)8-5-9(11)14-13-8/h5-7H,2-4H2,1H3,(H,12,15)(H3,11,13,14). The molecule has 0 radical (unpaired) electrons. The molecule has 1 aromatic rings. The summed E-state index contributed by atoms with van der Waals surface area (Å²) in [5.41, 5.74) is 5.83. The Hall–Kier alpha value is -1.56. The Labute approximate surface area is 93.5 Å². The van der Waals surface area contributed by atoms with Crippen molar-refractivity contribution in [2.24, 2.45) is 0 Å². The minimum absolute atomic E-state index is 0.164. The second-order valence-corrected chi connectivity index (χ2v) is 4.08. The van der Waals surface area contributed by atoms with Crippen molar-refractivity contribution in [3.8, 4) is 0 Å². The van der Waals surface area contributed by atoms with Gasteiger partial charge < -0.3 is 15.8 Å². The van der Waals surface area contributed by atoms with Crippen LogP contribution in [-0.4, -0.2) is 34.9 Å². The largest absolute Gasteiger partial charge is 0.382 e. The van der Waals surface area contributed by atoms with E-state index in [1.165, 1.54) is 6.07 Å². The average molecular weight is 224 g/mol. The Morgan fingerprint density at radius 1 is 1.75 bits per heavy atom. The van der Waals surface area contributed by atoms with Crippen LogP contribution in [0.5, 0.6) is 0 Å². The maximum atomic E-state index is 11.8. The van der Waals surface area contributed by atoms with Crippen molar-refractivity contribution in [1.82, 2.24) is 15.5 Å². The van der Waals surface area contributed by atoms with Gasteiger partial charge in [0.25, 0.3) is 5.91 Å². The van der Waals surface area contributed by atoms with E-state index < -0.39 is 0 Å². The summed E-state index contributed by atoms with van der Waals surface area (Å²) in [4.78, 5) is 11.8. The molecule has 0 aliphatic carbocycles. The minimum atomic E-state index is -0.164. The monoisotopic (exact) mass is 224 g/mol. The first-order valence-corrected chi connectivity index (χ1v) is 5.38. The molecule has 1 aliphatic rings. The summed E-state index contributed by atoms with van der Waals surface area (Å²) < 4.78 is 5.41. The number of ether oxygens (including phenoxy) is 1. The third-order valence-electron chi connectivity index (χ3n) is 2.66. The first-order chi connectivity index (χ1) is 7.65. The molecule has 1 fully saturated rings. The Morgan fingerprint density at radius 2 is 2.56 bits per heavy atom. The number of anilines is 1. The van der Waals surface area contributed by atoms with Gasteiger partial charge in [0, 0.05) is 18.7 Å². The van der Waals surface area contributed by atoms with E-state index in [-0.39, 0.29) is 18.1 Å². The van der Waals surface area contributed by atoms with Crippen LogP contribution in [0.15, 0.2) is 6.07 Å². The third kappa shape index (κ3) is 2.52. The summed E-state index contributed by atoms with van der Waals surface area (Å²) in [6, 6.07) is 1.69. The average Bonchev–Trinajstić information content (AvgIpc) is 2.65. The number of carbonyl (C=O) groups is 1. The van der Waals surface area contributed by atoms with Crippen LogP contribution in [0.3, 0.4) is 0 Å². The van der Waals surface area contributed by atoms with E-state index in [1.807, 2.05) is 6.92 Å². The fourth-order valence-corrected chi connectivity index (χ4v) is 1.85. The smallest absolute Gasteiger partial charge is 0.269 e. The highest BCUT2D eigenvalue weighted by Crippen LogP contribution is 2.13. The second-order valence-electron chi connectivity index (χ2n) is 4.08. The number of aromatic nitrogens is 2. The number of nitrogen functional groups attached to an aromatic ring is 1. The van der Waals surface area contributed by atoms with Gasteiger partial charge in [0.2, 0.25) is 0 Å². The van der Waals surface area contributed by atoms with Gasteiger partial charge in [0.15, 0.2) is 0 Å². The molecule has 0 saturated carbocycles. The van der Waals surface area contributed by atoms with Crippen LogP contribution in [-0.2, 0) is 4.74 Å². The van der Waals surface area contributed by atoms with E-state index in [2.05, 4.69) is 15.5 Å². The zero-order valence-corrected chi connectivity index (χ0v) is 9.19. The summed E-state index contributed by atoms with van der Waals surface area (Å²) in [5.74, 6) is 0.161. The van der Waals surface area contributed by atoms with Crippen LogP contribution in [0.4, 0.5) is 5.82 Å². The van der Waals surface area contributed by atoms with Gasteiger partial charge in [-0.3, -0.25) is 9.89 Å². The number of amides is 1. The Morgan fingerprint density at radius 3 is 3.19 bits per heavy atom. The SMILES string of the molecule is CC1CC(NC(=O)c2cc(N)n[nH]2)CCO1. The van der Waals surface area contributed by atoms with Gasteiger partial charge in [0.05, 0.1) is 6.10 Å². The lowest BCUT2D eigenvalue weighted by molar-refractivity contribution is 0.0136. The quantitative estimate of drug-likeness (QED) is 0.673. The number of nitrogens with one attached hydrogen (secondary N) is 2. The Bertz CT molecular complexity index is 377. The van der Waals surface area contributed by atoms with Crippen molar-refractivity contribution in [2.45, 2.75) is 31.9 Å². The molecule has 2 unspecified atom stereocenters. The van der Waals surface area contributed by atoms with E-state index in [9.17, 15) is 4.79 Å². The molecule has 1 amide bonds. The molecule has 1 aromatic heterocycles. The van der Waals surface area contributed by atoms with Crippen LogP contribution in [0.2, 0.25) is 0 Å². The lowest BCUT2D eigenvalue weighted by Gasteiger charge is -2.27. The fourth-order valence-electron chi connectivity index (χ4n) is 1.85. The number of carbonyl (C=O) groups excluding carboxylic acids is 1. The fraction of sp³-hybridized carbons (Fsp3) is 0.600. The van der Waals surface area contributed by atoms with Gasteiger partial charge >= 0.3 is 0 Å². The number of aromatic amines is 1. The van der Waals surface area contributed by atoms with Crippen LogP contribution in [0, 0.1) is 0 Å². The molecule has 6 heteroatoms. The number of hydrogen-bond acceptors (Lipinski definition) is 4. The zero-order valence-electron chi connectivity index (χ0n) is 9.19. The van der Waals surface area contributed by atoms with Gasteiger partial charge in [-0.15, -0.1) is 0 Å². The first-order valence-electron chi connectivity index (χ1n) is 5.38. The molecule has 6 nitrogen and oxygen atoms in total. The number of rotatable bonds is 2. The van der Waals surface area contributed by atoms with E-state index in [0.717, 1.165) is 12.8 Å². The maximum Gasteiger partial charge on any atom is 0.269 e. The third-order valence-corrected chi connectivity index (χ3v) is 2.66. The summed E-state index contributed by atoms with van der Waals surface area (Å²) >= 11 is 0. The summed E-state index contributed by atoms with van der Waals surface area (Å²) in [7, 11) is 0. The molecule has 16 heavy (non-hydrogen) atoms. The van der Waals surface area contributed by atoms with E-state index in [0.29, 0.717) is 18.1 Å². The lowest BCUT2D eigenvalue weighted by atomic mass is 10.0. The van der Waals surface area contributed by atoms with E-state index in [4.69, 9.17) is 10.5 Å². The number of H-pyrrole nitrogens is 1. The molecule has 88 valence electrons. The normalized spacial score (nSPS) is 25.3. The van der Waals surface area contributed by atoms with Gasteiger partial charge in [0.1, 0.15) is 11.5 Å². The number of hydrogen-bond donors (Lipinski definition) is 3. The molecule has 0 spiro atoms. The predicted octanol–water partition coefficient (Wildman–Crippen LogP) is 0.289. The van der Waals surface area contributed by atoms with Crippen molar-refractivity contribution in [1.29, 1.82) is 0 Å². The minimum Gasteiger partial charge on any atom is -0.382 e. The molecule has 0 bridgehead atoms. The highest BCUT2D eigenvalue weighted by molar-refractivity contribution is 5.93. The molecule has 0 aromatic carbocycles. The lowest BCUT2D eigenvalue weighted by Crippen LogP contribution is -2.41. The van der Waals surface area contributed by atoms with Crippen LogP contribution < -0.4 is 11.1 Å². The Balaban J connectivity index is 1.92. The van der Waals surface area contributed by atoms with Crippen molar-refractivity contribution < 1.29 is 9.53 Å². The second kappa shape index (κ2) is 4.52. The first kappa shape index (κ1) is 10.9. The van der Waals surface area contributed by atoms with Crippen molar-refractivity contribution >= 4 is 11.7 Å². The molecular formula is C10H16N4O2. The maximum absolute atomic E-state index is 11.8. The summed E-state index contributed by atoms with van der Waals surface area (Å²) in [6.45, 7) is 2.70. The molecule has 4 N–H and O–H groups in total. The highest BCUT2D eigenvalue weighted by atomic mass is 16.5. The van der Waals surface area contributed by atoms with Crippen molar-refractivity contribution in [3.05, 3.63) is 11.8 Å². The topological polar surface area (TPSA) is 93.0 Å². The van der Waals surface area contributed by atoms with E-state index >= 15 is 0 Å². The van der Waals surface area contributed by atoms with E-state index in [1.54, 1.807) is 0 Å². The zero-order chi connectivity index (χ0) is 11.5. The molecule has 1 saturated heterocycles. The molecule has 2 heterocycles. The molecule has 1 aliphatic heterocycles. The number of nitrogens with zero attached hydrogens (tertiary/aromatic N) is 1. The molecular weight excluding hydrogens is 208 g/mol. The van der Waals surface area contributed by atoms with Crippen molar-refractivity contribution in [3.63, 3.8) is 0 Å². The predicted molar refractivity (Wildman–Crippen MR) is 58.9 cm³/mol. The van der Waals surface area contributed by atoms with Crippen LogP contribution >= 0.6 is 0 Å². The number of nitrogens with two attached hydrogens (primary N) is 1. The van der Waals surface area contributed by atoms with Gasteiger partial charge in [-0.05, 0) is 19.8 Å². The van der Waals surface area contributed by atoms with Gasteiger partial charge in [-0.2, -0.15) is 5.10 Å². The molecule has 2 atom stereocenters. The molecule has 2 rings (SSSR count). The highest BCUT2D eigenvalue weighted by Gasteiger charge is 2.21. The Kier molecular flexibility index (Phi) is 3.09. The van der Waals surface area contributed by atoms with Crippen molar-refractivity contribution in [2.75, 3.05) is 12.3 Å². The van der Waals surface area contributed by atoms with Crippen LogP contribution in [0.25, 0.3) is 0 Å². The van der Waals surface area contributed by atoms with Gasteiger partial charge in [-0.25, -0.2) is 0 Å². The van der Waals surface area contributed by atoms with Crippen LogP contribution in [0.1, 0.15) is 30.3 Å².